The predicted molar refractivity (Wildman–Crippen MR) is 76.6 cm³/mol. The Balaban J connectivity index is 1.49. The van der Waals surface area contributed by atoms with Crippen molar-refractivity contribution in [3.05, 3.63) is 23.5 Å². The SMILES string of the molecule is COC(=O)c1ccc(CNC2CCN3CCCC3C2)[nH]1. The first-order valence-electron chi connectivity index (χ1n) is 7.50. The number of hydrogen-bond acceptors (Lipinski definition) is 4. The Labute approximate surface area is 119 Å². The number of ether oxygens (including phenoxy) is 1. The van der Waals surface area contributed by atoms with Gasteiger partial charge in [0.25, 0.3) is 0 Å². The molecule has 2 fully saturated rings. The molecule has 5 heteroatoms. The highest BCUT2D eigenvalue weighted by Crippen LogP contribution is 2.26. The Kier molecular flexibility index (Phi) is 4.08. The van der Waals surface area contributed by atoms with E-state index in [1.165, 1.54) is 45.9 Å². The Morgan fingerprint density at radius 3 is 3.20 bits per heavy atom. The number of piperidine rings is 1. The van der Waals surface area contributed by atoms with E-state index in [1.54, 1.807) is 6.07 Å². The van der Waals surface area contributed by atoms with Gasteiger partial charge in [0.1, 0.15) is 5.69 Å². The van der Waals surface area contributed by atoms with Crippen molar-refractivity contribution in [3.63, 3.8) is 0 Å². The molecule has 110 valence electrons. The monoisotopic (exact) mass is 277 g/mol. The summed E-state index contributed by atoms with van der Waals surface area (Å²) in [6, 6.07) is 5.11. The van der Waals surface area contributed by atoms with Crippen molar-refractivity contribution in [2.45, 2.75) is 44.3 Å². The number of carbonyl (C=O) groups is 1. The molecule has 2 aliphatic rings. The molecule has 0 amide bonds. The molecule has 3 heterocycles. The topological polar surface area (TPSA) is 57.4 Å². The number of nitrogens with zero attached hydrogens (tertiary/aromatic N) is 1. The van der Waals surface area contributed by atoms with Crippen LogP contribution in [0.25, 0.3) is 0 Å². The second-order valence-electron chi connectivity index (χ2n) is 5.82. The van der Waals surface area contributed by atoms with E-state index in [-0.39, 0.29) is 5.97 Å². The van der Waals surface area contributed by atoms with E-state index in [4.69, 9.17) is 4.74 Å². The van der Waals surface area contributed by atoms with E-state index in [0.29, 0.717) is 11.7 Å². The van der Waals surface area contributed by atoms with Crippen molar-refractivity contribution in [3.8, 4) is 0 Å². The molecule has 2 unspecified atom stereocenters. The molecule has 3 rings (SSSR count). The minimum absolute atomic E-state index is 0.310. The number of H-pyrrole nitrogens is 1. The third-order valence-corrected chi connectivity index (χ3v) is 4.55. The van der Waals surface area contributed by atoms with Crippen molar-refractivity contribution in [1.29, 1.82) is 0 Å². The minimum atomic E-state index is -0.310. The summed E-state index contributed by atoms with van der Waals surface area (Å²) in [7, 11) is 1.40. The molecule has 2 atom stereocenters. The fourth-order valence-corrected chi connectivity index (χ4v) is 3.44. The summed E-state index contributed by atoms with van der Waals surface area (Å²) in [5, 5.41) is 3.61. The highest BCUT2D eigenvalue weighted by Gasteiger charge is 2.31. The van der Waals surface area contributed by atoms with Crippen molar-refractivity contribution in [2.24, 2.45) is 0 Å². The number of carbonyl (C=O) groups excluding carboxylic acids is 1. The standard InChI is InChI=1S/C15H23N3O2/c1-20-15(19)14-5-4-12(17-14)10-16-11-6-8-18-7-2-3-13(18)9-11/h4-5,11,13,16-17H,2-3,6-10H2,1H3. The molecule has 0 saturated carbocycles. The molecule has 0 aromatic carbocycles. The van der Waals surface area contributed by atoms with Crippen molar-refractivity contribution >= 4 is 5.97 Å². The van der Waals surface area contributed by atoms with Crippen LogP contribution in [-0.4, -0.2) is 48.1 Å². The number of aromatic nitrogens is 1. The molecule has 2 saturated heterocycles. The fraction of sp³-hybridized carbons (Fsp3) is 0.667. The van der Waals surface area contributed by atoms with E-state index >= 15 is 0 Å². The summed E-state index contributed by atoms with van der Waals surface area (Å²) in [5.74, 6) is -0.310. The summed E-state index contributed by atoms with van der Waals surface area (Å²) >= 11 is 0. The van der Waals surface area contributed by atoms with Crippen molar-refractivity contribution in [1.82, 2.24) is 15.2 Å². The van der Waals surface area contributed by atoms with Crippen LogP contribution >= 0.6 is 0 Å². The van der Waals surface area contributed by atoms with Gasteiger partial charge in [0, 0.05) is 24.3 Å². The largest absolute Gasteiger partial charge is 0.464 e. The second kappa shape index (κ2) is 5.97. The van der Waals surface area contributed by atoms with Crippen LogP contribution in [0.3, 0.4) is 0 Å². The quantitative estimate of drug-likeness (QED) is 0.819. The highest BCUT2D eigenvalue weighted by atomic mass is 16.5. The molecule has 0 spiro atoms. The van der Waals surface area contributed by atoms with Gasteiger partial charge in [-0.05, 0) is 50.9 Å². The molecular formula is C15H23N3O2. The average Bonchev–Trinajstić information content (AvgIpc) is 3.12. The van der Waals surface area contributed by atoms with Crippen LogP contribution in [-0.2, 0) is 11.3 Å². The fourth-order valence-electron chi connectivity index (χ4n) is 3.44. The van der Waals surface area contributed by atoms with Crippen LogP contribution in [0.2, 0.25) is 0 Å². The lowest BCUT2D eigenvalue weighted by Crippen LogP contribution is -2.45. The molecule has 1 aromatic heterocycles. The Morgan fingerprint density at radius 1 is 1.45 bits per heavy atom. The van der Waals surface area contributed by atoms with E-state index in [1.807, 2.05) is 6.07 Å². The zero-order valence-electron chi connectivity index (χ0n) is 12.0. The number of aromatic amines is 1. The Morgan fingerprint density at radius 2 is 2.35 bits per heavy atom. The molecule has 0 radical (unpaired) electrons. The first kappa shape index (κ1) is 13.6. The molecule has 2 aliphatic heterocycles. The summed E-state index contributed by atoms with van der Waals surface area (Å²) < 4.78 is 4.70. The van der Waals surface area contributed by atoms with Gasteiger partial charge in [-0.25, -0.2) is 4.79 Å². The highest BCUT2D eigenvalue weighted by molar-refractivity contribution is 5.87. The lowest BCUT2D eigenvalue weighted by Gasteiger charge is -2.35. The van der Waals surface area contributed by atoms with Crippen LogP contribution in [0, 0.1) is 0 Å². The van der Waals surface area contributed by atoms with Gasteiger partial charge in [-0.1, -0.05) is 0 Å². The summed E-state index contributed by atoms with van der Waals surface area (Å²) in [5.41, 5.74) is 1.56. The normalized spacial score (nSPS) is 26.4. The van der Waals surface area contributed by atoms with E-state index < -0.39 is 0 Å². The maximum Gasteiger partial charge on any atom is 0.354 e. The van der Waals surface area contributed by atoms with Crippen molar-refractivity contribution in [2.75, 3.05) is 20.2 Å². The van der Waals surface area contributed by atoms with Gasteiger partial charge in [0.2, 0.25) is 0 Å². The number of methoxy groups -OCH3 is 1. The van der Waals surface area contributed by atoms with Crippen LogP contribution in [0.5, 0.6) is 0 Å². The summed E-state index contributed by atoms with van der Waals surface area (Å²) in [4.78, 5) is 17.1. The summed E-state index contributed by atoms with van der Waals surface area (Å²) in [6.07, 6.45) is 5.19. The maximum absolute atomic E-state index is 11.4. The van der Waals surface area contributed by atoms with Crippen LogP contribution < -0.4 is 5.32 Å². The van der Waals surface area contributed by atoms with Crippen LogP contribution in [0.4, 0.5) is 0 Å². The lowest BCUT2D eigenvalue weighted by molar-refractivity contribution is 0.0594. The Hall–Kier alpha value is -1.33. The summed E-state index contributed by atoms with van der Waals surface area (Å²) in [6.45, 7) is 3.30. The lowest BCUT2D eigenvalue weighted by atomic mass is 9.97. The van der Waals surface area contributed by atoms with Gasteiger partial charge >= 0.3 is 5.97 Å². The van der Waals surface area contributed by atoms with E-state index in [0.717, 1.165) is 18.3 Å². The van der Waals surface area contributed by atoms with Crippen LogP contribution in [0.1, 0.15) is 41.9 Å². The first-order chi connectivity index (χ1) is 9.76. The molecule has 20 heavy (non-hydrogen) atoms. The maximum atomic E-state index is 11.4. The number of esters is 1. The van der Waals surface area contributed by atoms with E-state index in [9.17, 15) is 4.79 Å². The van der Waals surface area contributed by atoms with Gasteiger partial charge in [-0.2, -0.15) is 0 Å². The van der Waals surface area contributed by atoms with Gasteiger partial charge in [0.15, 0.2) is 0 Å². The second-order valence-corrected chi connectivity index (χ2v) is 5.82. The Bertz CT molecular complexity index is 471. The van der Waals surface area contributed by atoms with Gasteiger partial charge in [-0.15, -0.1) is 0 Å². The molecule has 1 aromatic rings. The van der Waals surface area contributed by atoms with Gasteiger partial charge < -0.3 is 19.9 Å². The van der Waals surface area contributed by atoms with Crippen LogP contribution in [0.15, 0.2) is 12.1 Å². The number of fused-ring (bicyclic) bond motifs is 1. The molecule has 2 N–H and O–H groups in total. The smallest absolute Gasteiger partial charge is 0.354 e. The zero-order chi connectivity index (χ0) is 13.9. The number of rotatable bonds is 4. The average molecular weight is 277 g/mol. The van der Waals surface area contributed by atoms with Gasteiger partial charge in [-0.3, -0.25) is 0 Å². The molecule has 5 nitrogen and oxygen atoms in total. The zero-order valence-corrected chi connectivity index (χ0v) is 12.0. The third kappa shape index (κ3) is 2.88. The number of nitrogens with one attached hydrogen (secondary N) is 2. The molecule has 0 aliphatic carbocycles. The minimum Gasteiger partial charge on any atom is -0.464 e. The van der Waals surface area contributed by atoms with E-state index in [2.05, 4.69) is 15.2 Å². The number of hydrogen-bond donors (Lipinski definition) is 2. The van der Waals surface area contributed by atoms with Crippen molar-refractivity contribution < 1.29 is 9.53 Å². The molecule has 0 bridgehead atoms. The van der Waals surface area contributed by atoms with Gasteiger partial charge in [0.05, 0.1) is 7.11 Å². The first-order valence-corrected chi connectivity index (χ1v) is 7.50. The molecular weight excluding hydrogens is 254 g/mol. The third-order valence-electron chi connectivity index (χ3n) is 4.55. The predicted octanol–water partition coefficient (Wildman–Crippen LogP) is 1.52.